The summed E-state index contributed by atoms with van der Waals surface area (Å²) < 4.78 is 0. The Morgan fingerprint density at radius 2 is 1.85 bits per heavy atom. The predicted octanol–water partition coefficient (Wildman–Crippen LogP) is 4.58. The Kier molecular flexibility index (Phi) is 8.69. The molecule has 0 radical (unpaired) electrons. The normalized spacial score (nSPS) is 16.2. The molecule has 0 bridgehead atoms. The van der Waals surface area contributed by atoms with E-state index >= 15 is 0 Å². The van der Waals surface area contributed by atoms with E-state index in [1.165, 1.54) is 23.9 Å². The first-order chi connectivity index (χ1) is 6.11. The number of hydrogen-bond donors (Lipinski definition) is 0. The molecule has 0 aromatic heterocycles. The zero-order valence-electron chi connectivity index (χ0n) is 9.35. The molecule has 0 saturated heterocycles. The monoisotopic (exact) mass is 266 g/mol. The van der Waals surface area contributed by atoms with E-state index in [1.807, 2.05) is 0 Å². The molecule has 0 aliphatic rings. The second-order valence-corrected chi connectivity index (χ2v) is 6.15. The topological polar surface area (TPSA) is 0 Å². The van der Waals surface area contributed by atoms with Crippen LogP contribution in [0.2, 0.25) is 0 Å². The first kappa shape index (κ1) is 13.8. The van der Waals surface area contributed by atoms with Crippen molar-refractivity contribution >= 4 is 27.7 Å². The molecule has 2 heteroatoms. The van der Waals surface area contributed by atoms with Gasteiger partial charge in [-0.2, -0.15) is 11.8 Å². The Balaban J connectivity index is 3.58. The van der Waals surface area contributed by atoms with E-state index in [4.69, 9.17) is 0 Å². The Bertz CT molecular complexity index is 115. The van der Waals surface area contributed by atoms with E-state index in [0.717, 1.165) is 17.1 Å². The average Bonchev–Trinajstić information content (AvgIpc) is 2.11. The third-order valence-corrected chi connectivity index (χ3v) is 5.10. The van der Waals surface area contributed by atoms with Gasteiger partial charge < -0.3 is 0 Å². The molecule has 0 N–H and O–H groups in total. The molecule has 0 fully saturated rings. The second kappa shape index (κ2) is 8.16. The van der Waals surface area contributed by atoms with Crippen LogP contribution in [0.1, 0.15) is 40.5 Å². The molecule has 0 nitrogen and oxygen atoms in total. The van der Waals surface area contributed by atoms with Gasteiger partial charge in [-0.05, 0) is 24.0 Å². The maximum absolute atomic E-state index is 3.59. The van der Waals surface area contributed by atoms with Gasteiger partial charge in [0.15, 0.2) is 0 Å². The number of thioether (sulfide) groups is 1. The van der Waals surface area contributed by atoms with Crippen molar-refractivity contribution < 1.29 is 0 Å². The molecule has 0 aromatic rings. The molecule has 0 amide bonds. The lowest BCUT2D eigenvalue weighted by Crippen LogP contribution is -2.12. The van der Waals surface area contributed by atoms with Gasteiger partial charge in [-0.3, -0.25) is 0 Å². The van der Waals surface area contributed by atoms with Crippen molar-refractivity contribution in [3.63, 3.8) is 0 Å². The van der Waals surface area contributed by atoms with Crippen molar-refractivity contribution in [2.45, 2.75) is 45.8 Å². The van der Waals surface area contributed by atoms with Crippen LogP contribution in [0.25, 0.3) is 0 Å². The fraction of sp³-hybridized carbons (Fsp3) is 1.00. The Labute approximate surface area is 96.4 Å². The van der Waals surface area contributed by atoms with Crippen LogP contribution >= 0.6 is 27.7 Å². The minimum absolute atomic E-state index is 0.804. The third kappa shape index (κ3) is 6.84. The van der Waals surface area contributed by atoms with E-state index in [2.05, 4.69) is 55.4 Å². The lowest BCUT2D eigenvalue weighted by atomic mass is 10.1. The third-order valence-electron chi connectivity index (χ3n) is 2.45. The molecule has 13 heavy (non-hydrogen) atoms. The Morgan fingerprint density at radius 1 is 1.23 bits per heavy atom. The summed E-state index contributed by atoms with van der Waals surface area (Å²) in [6.07, 6.45) is 2.68. The molecule has 0 rings (SSSR count). The van der Waals surface area contributed by atoms with E-state index in [-0.39, 0.29) is 0 Å². The summed E-state index contributed by atoms with van der Waals surface area (Å²) >= 11 is 5.72. The number of rotatable bonds is 7. The van der Waals surface area contributed by atoms with Crippen LogP contribution in [0.4, 0.5) is 0 Å². The molecule has 0 aliphatic carbocycles. The van der Waals surface area contributed by atoms with Crippen molar-refractivity contribution in [2.75, 3.05) is 11.1 Å². The van der Waals surface area contributed by atoms with E-state index in [9.17, 15) is 0 Å². The number of hydrogen-bond acceptors (Lipinski definition) is 1. The highest BCUT2D eigenvalue weighted by Crippen LogP contribution is 2.24. The summed E-state index contributed by atoms with van der Waals surface area (Å²) in [5, 5.41) is 1.97. The van der Waals surface area contributed by atoms with E-state index < -0.39 is 0 Å². The zero-order valence-corrected chi connectivity index (χ0v) is 11.7. The van der Waals surface area contributed by atoms with Crippen LogP contribution in [0, 0.1) is 11.8 Å². The molecule has 0 heterocycles. The summed E-state index contributed by atoms with van der Waals surface area (Å²) in [5.74, 6) is 3.00. The van der Waals surface area contributed by atoms with Crippen LogP contribution in [0.5, 0.6) is 0 Å². The minimum Gasteiger partial charge on any atom is -0.158 e. The highest BCUT2D eigenvalue weighted by atomic mass is 79.9. The Hall–Kier alpha value is 0.830. The quantitative estimate of drug-likeness (QED) is 0.609. The van der Waals surface area contributed by atoms with Gasteiger partial charge in [0, 0.05) is 10.6 Å². The highest BCUT2D eigenvalue weighted by Gasteiger charge is 2.11. The fourth-order valence-electron chi connectivity index (χ4n) is 1.09. The van der Waals surface area contributed by atoms with Gasteiger partial charge in [-0.25, -0.2) is 0 Å². The van der Waals surface area contributed by atoms with E-state index in [0.29, 0.717) is 0 Å². The summed E-state index contributed by atoms with van der Waals surface area (Å²) in [7, 11) is 0. The summed E-state index contributed by atoms with van der Waals surface area (Å²) in [6, 6.07) is 0. The molecule has 0 saturated carbocycles. The van der Waals surface area contributed by atoms with Gasteiger partial charge in [0.05, 0.1) is 0 Å². The van der Waals surface area contributed by atoms with Crippen molar-refractivity contribution in [1.82, 2.24) is 0 Å². The molecular weight excluding hydrogens is 244 g/mol. The minimum atomic E-state index is 0.804. The fourth-order valence-corrected chi connectivity index (χ4v) is 3.19. The van der Waals surface area contributed by atoms with Crippen molar-refractivity contribution in [3.8, 4) is 0 Å². The van der Waals surface area contributed by atoms with Gasteiger partial charge in [-0.1, -0.05) is 50.0 Å². The Morgan fingerprint density at radius 3 is 2.23 bits per heavy atom. The molecule has 0 spiro atoms. The van der Waals surface area contributed by atoms with Crippen molar-refractivity contribution in [2.24, 2.45) is 11.8 Å². The molecule has 0 aromatic carbocycles. The van der Waals surface area contributed by atoms with Crippen LogP contribution in [0.15, 0.2) is 0 Å². The van der Waals surface area contributed by atoms with Gasteiger partial charge in [0.25, 0.3) is 0 Å². The predicted molar refractivity (Wildman–Crippen MR) is 69.0 cm³/mol. The molecule has 2 atom stereocenters. The average molecular weight is 267 g/mol. The van der Waals surface area contributed by atoms with Gasteiger partial charge in [0.2, 0.25) is 0 Å². The second-order valence-electron chi connectivity index (χ2n) is 4.09. The SMILES string of the molecule is CCCC(CBr)CSC(C)C(C)C. The lowest BCUT2D eigenvalue weighted by molar-refractivity contribution is 0.590. The summed E-state index contributed by atoms with van der Waals surface area (Å²) in [6.45, 7) is 9.22. The zero-order chi connectivity index (χ0) is 10.3. The number of alkyl halides is 1. The standard InChI is InChI=1S/C11H23BrS/c1-5-6-11(7-12)8-13-10(4)9(2)3/h9-11H,5-8H2,1-4H3. The van der Waals surface area contributed by atoms with Gasteiger partial charge in [-0.15, -0.1) is 0 Å². The molecule has 2 unspecified atom stereocenters. The smallest absolute Gasteiger partial charge is 0.00675 e. The first-order valence-corrected chi connectivity index (χ1v) is 7.46. The van der Waals surface area contributed by atoms with Gasteiger partial charge in [0.1, 0.15) is 0 Å². The lowest BCUT2D eigenvalue weighted by Gasteiger charge is -2.18. The van der Waals surface area contributed by atoms with Gasteiger partial charge >= 0.3 is 0 Å². The maximum Gasteiger partial charge on any atom is 0.00675 e. The van der Waals surface area contributed by atoms with Crippen LogP contribution < -0.4 is 0 Å². The largest absolute Gasteiger partial charge is 0.158 e. The summed E-state index contributed by atoms with van der Waals surface area (Å²) in [4.78, 5) is 0. The molecular formula is C11H23BrS. The van der Waals surface area contributed by atoms with E-state index in [1.54, 1.807) is 0 Å². The van der Waals surface area contributed by atoms with Crippen LogP contribution in [-0.2, 0) is 0 Å². The van der Waals surface area contributed by atoms with Crippen LogP contribution in [-0.4, -0.2) is 16.3 Å². The molecule has 80 valence electrons. The molecule has 0 aliphatic heterocycles. The van der Waals surface area contributed by atoms with Crippen LogP contribution in [0.3, 0.4) is 0 Å². The maximum atomic E-state index is 3.59. The summed E-state index contributed by atoms with van der Waals surface area (Å²) in [5.41, 5.74) is 0. The van der Waals surface area contributed by atoms with Crippen molar-refractivity contribution in [1.29, 1.82) is 0 Å². The number of halogens is 1. The van der Waals surface area contributed by atoms with Crippen molar-refractivity contribution in [3.05, 3.63) is 0 Å². The highest BCUT2D eigenvalue weighted by molar-refractivity contribution is 9.09. The first-order valence-electron chi connectivity index (χ1n) is 5.29.